The molecular formula is C23H24F3N3O4S. The van der Waals surface area contributed by atoms with Crippen molar-refractivity contribution < 1.29 is 31.1 Å². The van der Waals surface area contributed by atoms with Gasteiger partial charge in [-0.2, -0.15) is 17.5 Å². The molecule has 0 saturated heterocycles. The summed E-state index contributed by atoms with van der Waals surface area (Å²) in [6.07, 6.45) is -3.39. The number of anilines is 2. The van der Waals surface area contributed by atoms with Crippen molar-refractivity contribution >= 4 is 38.3 Å². The summed E-state index contributed by atoms with van der Waals surface area (Å²) in [6.45, 7) is 5.86. The van der Waals surface area contributed by atoms with E-state index in [-0.39, 0.29) is 33.7 Å². The number of halogens is 3. The van der Waals surface area contributed by atoms with E-state index in [9.17, 15) is 26.4 Å². The predicted molar refractivity (Wildman–Crippen MR) is 123 cm³/mol. The number of carbonyl (C=O) groups is 1. The van der Waals surface area contributed by atoms with Gasteiger partial charge in [0.05, 0.1) is 28.3 Å². The number of carbonyl (C=O) groups excluding carboxylic acids is 1. The number of esters is 1. The zero-order valence-electron chi connectivity index (χ0n) is 18.8. The van der Waals surface area contributed by atoms with Crippen molar-refractivity contribution in [1.29, 1.82) is 0 Å². The minimum atomic E-state index is -4.55. The summed E-state index contributed by atoms with van der Waals surface area (Å²) < 4.78 is 71.2. The number of benzene rings is 2. The number of alkyl halides is 3. The number of ether oxygens (including phenoxy) is 1. The van der Waals surface area contributed by atoms with Gasteiger partial charge in [0.2, 0.25) is 10.0 Å². The van der Waals surface area contributed by atoms with Gasteiger partial charge in [-0.25, -0.2) is 13.2 Å². The van der Waals surface area contributed by atoms with Gasteiger partial charge in [-0.3, -0.25) is 4.98 Å². The molecule has 1 heterocycles. The van der Waals surface area contributed by atoms with Crippen molar-refractivity contribution in [3.05, 3.63) is 59.8 Å². The number of fused-ring (bicyclic) bond motifs is 1. The molecule has 0 aliphatic heterocycles. The van der Waals surface area contributed by atoms with Gasteiger partial charge in [0.1, 0.15) is 5.56 Å². The van der Waals surface area contributed by atoms with Gasteiger partial charge in [-0.15, -0.1) is 0 Å². The first-order valence-corrected chi connectivity index (χ1v) is 12.0. The average molecular weight is 496 g/mol. The number of sulfonamides is 1. The molecule has 2 aromatic carbocycles. The summed E-state index contributed by atoms with van der Waals surface area (Å²) in [5.41, 5.74) is -0.165. The molecule has 0 amide bonds. The molecule has 0 bridgehead atoms. The maximum atomic E-state index is 13.1. The van der Waals surface area contributed by atoms with Crippen LogP contribution in [0.3, 0.4) is 0 Å². The monoisotopic (exact) mass is 495 g/mol. The number of rotatable bonds is 8. The summed E-state index contributed by atoms with van der Waals surface area (Å²) in [5, 5.41) is 3.29. The summed E-state index contributed by atoms with van der Waals surface area (Å²) >= 11 is 0. The Labute approximate surface area is 195 Å². The fourth-order valence-electron chi connectivity index (χ4n) is 3.44. The lowest BCUT2D eigenvalue weighted by Gasteiger charge is -2.19. The Morgan fingerprint density at radius 3 is 2.26 bits per heavy atom. The van der Waals surface area contributed by atoms with Gasteiger partial charge in [0.15, 0.2) is 0 Å². The number of aromatic nitrogens is 1. The lowest BCUT2D eigenvalue weighted by molar-refractivity contribution is -0.137. The Kier molecular flexibility index (Phi) is 7.47. The van der Waals surface area contributed by atoms with Crippen LogP contribution in [0.15, 0.2) is 53.6 Å². The largest absolute Gasteiger partial charge is 0.462 e. The molecule has 1 aromatic heterocycles. The van der Waals surface area contributed by atoms with E-state index in [1.165, 1.54) is 34.6 Å². The lowest BCUT2D eigenvalue weighted by Crippen LogP contribution is -2.30. The van der Waals surface area contributed by atoms with Crippen LogP contribution in [0.1, 0.15) is 36.7 Å². The molecular weight excluding hydrogens is 471 g/mol. The zero-order chi connectivity index (χ0) is 25.1. The van der Waals surface area contributed by atoms with Crippen molar-refractivity contribution in [2.45, 2.75) is 31.8 Å². The van der Waals surface area contributed by atoms with Crippen LogP contribution >= 0.6 is 0 Å². The Morgan fingerprint density at radius 2 is 1.71 bits per heavy atom. The van der Waals surface area contributed by atoms with Crippen LogP contribution in [-0.4, -0.2) is 43.4 Å². The molecule has 0 aliphatic carbocycles. The van der Waals surface area contributed by atoms with E-state index in [2.05, 4.69) is 10.3 Å². The number of pyridine rings is 1. The summed E-state index contributed by atoms with van der Waals surface area (Å²) in [4.78, 5) is 16.6. The van der Waals surface area contributed by atoms with E-state index in [1.54, 1.807) is 20.8 Å². The van der Waals surface area contributed by atoms with Crippen molar-refractivity contribution in [2.75, 3.05) is 25.0 Å². The van der Waals surface area contributed by atoms with Gasteiger partial charge in [-0.05, 0) is 43.3 Å². The molecule has 34 heavy (non-hydrogen) atoms. The molecule has 0 saturated carbocycles. The van der Waals surface area contributed by atoms with Gasteiger partial charge in [0.25, 0.3) is 0 Å². The highest BCUT2D eigenvalue weighted by atomic mass is 32.2. The molecule has 182 valence electrons. The minimum Gasteiger partial charge on any atom is -0.462 e. The standard InChI is InChI=1S/C23H24F3N3O4S/c1-4-29(5-2)34(31,32)17-10-8-16(9-11-17)28-21-18-12-7-15(23(24,25)26)13-20(18)27-14-19(21)22(30)33-6-3/h7-14H,4-6H2,1-3H3,(H,27,28). The summed E-state index contributed by atoms with van der Waals surface area (Å²) in [6, 6.07) is 8.91. The first-order chi connectivity index (χ1) is 16.0. The van der Waals surface area contributed by atoms with Crippen molar-refractivity contribution in [2.24, 2.45) is 0 Å². The highest BCUT2D eigenvalue weighted by molar-refractivity contribution is 7.89. The second-order valence-electron chi connectivity index (χ2n) is 7.24. The second-order valence-corrected chi connectivity index (χ2v) is 9.17. The maximum absolute atomic E-state index is 13.1. The zero-order valence-corrected chi connectivity index (χ0v) is 19.6. The Hall–Kier alpha value is -3.18. The average Bonchev–Trinajstić information content (AvgIpc) is 2.79. The van der Waals surface area contributed by atoms with Crippen LogP contribution in [0.5, 0.6) is 0 Å². The highest BCUT2D eigenvalue weighted by Gasteiger charge is 2.31. The van der Waals surface area contributed by atoms with E-state index in [1.807, 2.05) is 0 Å². The molecule has 0 radical (unpaired) electrons. The van der Waals surface area contributed by atoms with Crippen molar-refractivity contribution in [3.63, 3.8) is 0 Å². The van der Waals surface area contributed by atoms with E-state index >= 15 is 0 Å². The SMILES string of the molecule is CCOC(=O)c1cnc2cc(C(F)(F)F)ccc2c1Nc1ccc(S(=O)(=O)N(CC)CC)cc1. The molecule has 0 fully saturated rings. The number of nitrogens with zero attached hydrogens (tertiary/aromatic N) is 2. The Balaban J connectivity index is 2.06. The van der Waals surface area contributed by atoms with Gasteiger partial charge < -0.3 is 10.1 Å². The van der Waals surface area contributed by atoms with Gasteiger partial charge >= 0.3 is 12.1 Å². The fourth-order valence-corrected chi connectivity index (χ4v) is 4.89. The third-order valence-electron chi connectivity index (χ3n) is 5.16. The molecule has 0 spiro atoms. The molecule has 0 atom stereocenters. The molecule has 7 nitrogen and oxygen atoms in total. The normalized spacial score (nSPS) is 12.2. The van der Waals surface area contributed by atoms with E-state index in [4.69, 9.17) is 4.74 Å². The molecule has 0 aliphatic rings. The van der Waals surface area contributed by atoms with Crippen LogP contribution in [0.4, 0.5) is 24.5 Å². The number of hydrogen-bond donors (Lipinski definition) is 1. The number of hydrogen-bond acceptors (Lipinski definition) is 6. The highest BCUT2D eigenvalue weighted by Crippen LogP contribution is 2.35. The molecule has 0 unspecified atom stereocenters. The predicted octanol–water partition coefficient (Wildman–Crippen LogP) is 5.20. The quantitative estimate of drug-likeness (QED) is 0.432. The van der Waals surface area contributed by atoms with Crippen LogP contribution in [-0.2, 0) is 20.9 Å². The summed E-state index contributed by atoms with van der Waals surface area (Å²) in [7, 11) is -3.66. The summed E-state index contributed by atoms with van der Waals surface area (Å²) in [5.74, 6) is -0.694. The topological polar surface area (TPSA) is 88.6 Å². The van der Waals surface area contributed by atoms with Crippen LogP contribution in [0.2, 0.25) is 0 Å². The van der Waals surface area contributed by atoms with Crippen LogP contribution < -0.4 is 5.32 Å². The Morgan fingerprint density at radius 1 is 1.06 bits per heavy atom. The van der Waals surface area contributed by atoms with Crippen LogP contribution in [0.25, 0.3) is 10.9 Å². The first-order valence-electron chi connectivity index (χ1n) is 10.6. The van der Waals surface area contributed by atoms with Crippen LogP contribution in [0, 0.1) is 0 Å². The molecule has 3 rings (SSSR count). The van der Waals surface area contributed by atoms with Gasteiger partial charge in [-0.1, -0.05) is 19.9 Å². The third-order valence-corrected chi connectivity index (χ3v) is 7.22. The van der Waals surface area contributed by atoms with E-state index < -0.39 is 27.7 Å². The smallest absolute Gasteiger partial charge is 0.416 e. The fraction of sp³-hybridized carbons (Fsp3) is 0.304. The van der Waals surface area contributed by atoms with Crippen molar-refractivity contribution in [1.82, 2.24) is 9.29 Å². The van der Waals surface area contributed by atoms with E-state index in [0.717, 1.165) is 18.3 Å². The second kappa shape index (κ2) is 9.98. The van der Waals surface area contributed by atoms with E-state index in [0.29, 0.717) is 18.8 Å². The Bertz CT molecular complexity index is 1290. The van der Waals surface area contributed by atoms with Gasteiger partial charge in [0, 0.05) is 30.4 Å². The molecule has 1 N–H and O–H groups in total. The van der Waals surface area contributed by atoms with Crippen molar-refractivity contribution in [3.8, 4) is 0 Å². The number of nitrogens with one attached hydrogen (secondary N) is 1. The minimum absolute atomic E-state index is 0.0334. The molecule has 11 heteroatoms. The first kappa shape index (κ1) is 25.4. The molecule has 3 aromatic rings. The maximum Gasteiger partial charge on any atom is 0.416 e. The lowest BCUT2D eigenvalue weighted by atomic mass is 10.1. The third kappa shape index (κ3) is 5.15.